The van der Waals surface area contributed by atoms with Gasteiger partial charge >= 0.3 is 0 Å². The average molecular weight is 338 g/mol. The zero-order valence-electron chi connectivity index (χ0n) is 12.2. The number of pyridine rings is 1. The van der Waals surface area contributed by atoms with Gasteiger partial charge in [0.15, 0.2) is 0 Å². The lowest BCUT2D eigenvalue weighted by atomic mass is 9.94. The summed E-state index contributed by atoms with van der Waals surface area (Å²) in [4.78, 5) is 4.79. The normalized spacial score (nSPS) is 10.8. The van der Waals surface area contributed by atoms with E-state index >= 15 is 0 Å². The van der Waals surface area contributed by atoms with Crippen LogP contribution < -0.4 is 0 Å². The second-order valence-corrected chi connectivity index (χ2v) is 6.17. The highest BCUT2D eigenvalue weighted by Gasteiger charge is 2.14. The molecule has 0 unspecified atom stereocenters. The van der Waals surface area contributed by atoms with E-state index in [1.807, 2.05) is 13.0 Å². The Balaban J connectivity index is 2.49. The Labute approximate surface area is 133 Å². The molecule has 2 aromatic carbocycles. The van der Waals surface area contributed by atoms with Crippen molar-refractivity contribution in [1.82, 2.24) is 4.98 Å². The summed E-state index contributed by atoms with van der Waals surface area (Å²) >= 11 is 3.58. The molecule has 0 amide bonds. The van der Waals surface area contributed by atoms with Gasteiger partial charge in [-0.2, -0.15) is 0 Å². The smallest absolute Gasteiger partial charge is 0.0740 e. The van der Waals surface area contributed by atoms with Crippen molar-refractivity contribution in [2.24, 2.45) is 0 Å². The van der Waals surface area contributed by atoms with E-state index in [9.17, 15) is 0 Å². The van der Waals surface area contributed by atoms with Crippen LogP contribution in [0.2, 0.25) is 0 Å². The van der Waals surface area contributed by atoms with Gasteiger partial charge in [0.2, 0.25) is 0 Å². The van der Waals surface area contributed by atoms with Gasteiger partial charge < -0.3 is 0 Å². The predicted octanol–water partition coefficient (Wildman–Crippen LogP) is 6.01. The number of benzene rings is 2. The Bertz CT molecular complexity index is 835. The van der Waals surface area contributed by atoms with Crippen molar-refractivity contribution < 1.29 is 0 Å². The summed E-state index contributed by atoms with van der Waals surface area (Å²) in [6.45, 7) is 8.17. The number of fused-ring (bicyclic) bond motifs is 1. The zero-order chi connectivity index (χ0) is 15.0. The van der Waals surface area contributed by atoms with Crippen molar-refractivity contribution in [3.8, 4) is 11.1 Å². The highest BCUT2D eigenvalue weighted by atomic mass is 79.9. The summed E-state index contributed by atoms with van der Waals surface area (Å²) in [5, 5.41) is 2.39. The van der Waals surface area contributed by atoms with Crippen LogP contribution in [0, 0.1) is 6.92 Å². The monoisotopic (exact) mass is 337 g/mol. The molecule has 0 spiro atoms. The van der Waals surface area contributed by atoms with Crippen LogP contribution in [-0.4, -0.2) is 4.98 Å². The molecule has 2 heteroatoms. The lowest BCUT2D eigenvalue weighted by molar-refractivity contribution is 1.20. The molecule has 0 fully saturated rings. The van der Waals surface area contributed by atoms with Gasteiger partial charge in [0.05, 0.1) is 5.69 Å². The van der Waals surface area contributed by atoms with Crippen molar-refractivity contribution in [3.05, 3.63) is 71.0 Å². The average Bonchev–Trinajstić information content (AvgIpc) is 2.47. The Kier molecular flexibility index (Phi) is 3.64. The zero-order valence-corrected chi connectivity index (χ0v) is 13.7. The van der Waals surface area contributed by atoms with Gasteiger partial charge in [-0.25, -0.2) is 0 Å². The summed E-state index contributed by atoms with van der Waals surface area (Å²) in [7, 11) is 0. The lowest BCUT2D eigenvalue weighted by Crippen LogP contribution is -1.97. The fraction of sp³-hybridized carbons (Fsp3) is 0.105. The number of rotatable bonds is 2. The van der Waals surface area contributed by atoms with Crippen LogP contribution in [-0.2, 0) is 0 Å². The van der Waals surface area contributed by atoms with Gasteiger partial charge in [-0.3, -0.25) is 4.98 Å². The Hall–Kier alpha value is -1.93. The fourth-order valence-electron chi connectivity index (χ4n) is 2.66. The highest BCUT2D eigenvalue weighted by Crippen LogP contribution is 2.36. The van der Waals surface area contributed by atoms with Crippen molar-refractivity contribution in [3.63, 3.8) is 0 Å². The van der Waals surface area contributed by atoms with Crippen LogP contribution in [0.1, 0.15) is 18.3 Å². The summed E-state index contributed by atoms with van der Waals surface area (Å²) in [6, 6.07) is 16.7. The molecule has 0 aliphatic heterocycles. The maximum absolute atomic E-state index is 4.79. The van der Waals surface area contributed by atoms with E-state index in [4.69, 9.17) is 4.98 Å². The van der Waals surface area contributed by atoms with E-state index in [0.717, 1.165) is 27.0 Å². The summed E-state index contributed by atoms with van der Waals surface area (Å²) < 4.78 is 1.07. The van der Waals surface area contributed by atoms with Crippen molar-refractivity contribution in [1.29, 1.82) is 0 Å². The van der Waals surface area contributed by atoms with E-state index in [2.05, 4.69) is 71.9 Å². The second kappa shape index (κ2) is 5.45. The first-order chi connectivity index (χ1) is 10.1. The van der Waals surface area contributed by atoms with Gasteiger partial charge in [0.25, 0.3) is 0 Å². The third-order valence-corrected chi connectivity index (χ3v) is 4.12. The topological polar surface area (TPSA) is 12.9 Å². The first-order valence-corrected chi connectivity index (χ1v) is 7.68. The number of hydrogen-bond acceptors (Lipinski definition) is 1. The minimum absolute atomic E-state index is 0.976. The Morgan fingerprint density at radius 3 is 2.43 bits per heavy atom. The van der Waals surface area contributed by atoms with E-state index < -0.39 is 0 Å². The molecular formula is C19H16BrN. The molecular weight excluding hydrogens is 322 g/mol. The Morgan fingerprint density at radius 1 is 1.05 bits per heavy atom. The molecule has 0 atom stereocenters. The van der Waals surface area contributed by atoms with Crippen LogP contribution >= 0.6 is 15.9 Å². The molecule has 0 aliphatic carbocycles. The molecule has 3 rings (SSSR count). The maximum Gasteiger partial charge on any atom is 0.0740 e. The first-order valence-electron chi connectivity index (χ1n) is 6.89. The minimum Gasteiger partial charge on any atom is -0.252 e. The quantitative estimate of drug-likeness (QED) is 0.558. The molecule has 1 heterocycles. The predicted molar refractivity (Wildman–Crippen MR) is 94.3 cm³/mol. The van der Waals surface area contributed by atoms with Gasteiger partial charge in [0.1, 0.15) is 0 Å². The largest absolute Gasteiger partial charge is 0.252 e. The summed E-state index contributed by atoms with van der Waals surface area (Å²) in [5.41, 5.74) is 5.33. The standard InChI is InChI=1S/C19H16BrN/c1-12(2)19-18(14-7-5-4-6-8-14)17-11-15(20)9-10-16(17)13(3)21-19/h4-11H,1H2,2-3H3. The molecule has 0 bridgehead atoms. The van der Waals surface area contributed by atoms with Crippen LogP contribution in [0.15, 0.2) is 59.6 Å². The second-order valence-electron chi connectivity index (χ2n) is 5.26. The minimum atomic E-state index is 0.976. The Morgan fingerprint density at radius 2 is 1.76 bits per heavy atom. The fourth-order valence-corrected chi connectivity index (χ4v) is 3.02. The highest BCUT2D eigenvalue weighted by molar-refractivity contribution is 9.10. The lowest BCUT2D eigenvalue weighted by Gasteiger charge is -2.15. The number of hydrogen-bond donors (Lipinski definition) is 0. The van der Waals surface area contributed by atoms with Crippen LogP contribution in [0.25, 0.3) is 27.5 Å². The molecule has 1 aromatic heterocycles. The van der Waals surface area contributed by atoms with E-state index in [1.165, 1.54) is 16.3 Å². The number of nitrogens with zero attached hydrogens (tertiary/aromatic N) is 1. The van der Waals surface area contributed by atoms with E-state index in [-0.39, 0.29) is 0 Å². The molecule has 0 saturated carbocycles. The van der Waals surface area contributed by atoms with Crippen LogP contribution in [0.4, 0.5) is 0 Å². The van der Waals surface area contributed by atoms with Gasteiger partial charge in [0, 0.05) is 21.1 Å². The SMILES string of the molecule is C=C(C)c1nc(C)c2ccc(Br)cc2c1-c1ccccc1. The molecule has 21 heavy (non-hydrogen) atoms. The molecule has 0 aliphatic rings. The molecule has 3 aromatic rings. The summed E-state index contributed by atoms with van der Waals surface area (Å²) in [5.74, 6) is 0. The number of allylic oxidation sites excluding steroid dienone is 1. The third kappa shape index (κ3) is 2.52. The number of aryl methyl sites for hydroxylation is 1. The van der Waals surface area contributed by atoms with Gasteiger partial charge in [-0.1, -0.05) is 58.9 Å². The molecule has 0 saturated heterocycles. The molecule has 104 valence electrons. The van der Waals surface area contributed by atoms with Crippen molar-refractivity contribution in [2.45, 2.75) is 13.8 Å². The number of aromatic nitrogens is 1. The molecule has 0 N–H and O–H groups in total. The van der Waals surface area contributed by atoms with Gasteiger partial charge in [-0.05, 0) is 42.5 Å². The third-order valence-electron chi connectivity index (χ3n) is 3.62. The van der Waals surface area contributed by atoms with Crippen molar-refractivity contribution in [2.75, 3.05) is 0 Å². The number of halogens is 1. The molecule has 1 nitrogen and oxygen atoms in total. The van der Waals surface area contributed by atoms with E-state index in [0.29, 0.717) is 0 Å². The summed E-state index contributed by atoms with van der Waals surface area (Å²) in [6.07, 6.45) is 0. The molecule has 0 radical (unpaired) electrons. The maximum atomic E-state index is 4.79. The first kappa shape index (κ1) is 14.0. The van der Waals surface area contributed by atoms with Crippen LogP contribution in [0.5, 0.6) is 0 Å². The van der Waals surface area contributed by atoms with Gasteiger partial charge in [-0.15, -0.1) is 0 Å². The van der Waals surface area contributed by atoms with E-state index in [1.54, 1.807) is 0 Å². The van der Waals surface area contributed by atoms with Crippen LogP contribution in [0.3, 0.4) is 0 Å². The van der Waals surface area contributed by atoms with Crippen molar-refractivity contribution >= 4 is 32.3 Å².